The highest BCUT2D eigenvalue weighted by molar-refractivity contribution is 5.14. The van der Waals surface area contributed by atoms with Crippen LogP contribution in [0.5, 0.6) is 0 Å². The molecule has 0 aliphatic rings. The molecule has 2 rings (SSSR count). The smallest absolute Gasteiger partial charge is 0.0521 e. The fourth-order valence-electron chi connectivity index (χ4n) is 2.28. The molecule has 0 spiro atoms. The van der Waals surface area contributed by atoms with E-state index < -0.39 is 0 Å². The highest BCUT2D eigenvalue weighted by Crippen LogP contribution is 2.00. The van der Waals surface area contributed by atoms with E-state index in [1.54, 1.807) is 0 Å². The third-order valence-electron chi connectivity index (χ3n) is 3.54. The molecule has 1 N–H and O–H groups in total. The average Bonchev–Trinajstić information content (AvgIpc) is 2.58. The summed E-state index contributed by atoms with van der Waals surface area (Å²) in [6.45, 7) is 3.65. The molecule has 0 saturated carbocycles. The molecule has 0 aliphatic heterocycles. The van der Waals surface area contributed by atoms with Crippen molar-refractivity contribution >= 4 is 0 Å². The van der Waals surface area contributed by atoms with Crippen LogP contribution in [0.3, 0.4) is 0 Å². The van der Waals surface area contributed by atoms with Gasteiger partial charge in [-0.25, -0.2) is 0 Å². The molecule has 1 aromatic carbocycles. The van der Waals surface area contributed by atoms with Crippen LogP contribution in [0.2, 0.25) is 0 Å². The molecule has 22 heavy (non-hydrogen) atoms. The molecule has 3 nitrogen and oxygen atoms in total. The molecule has 0 atom stereocenters. The normalized spacial score (nSPS) is 10.7. The summed E-state index contributed by atoms with van der Waals surface area (Å²) in [5, 5.41) is 3.48. The van der Waals surface area contributed by atoms with E-state index in [1.165, 1.54) is 18.4 Å². The van der Waals surface area contributed by atoms with Crippen molar-refractivity contribution in [1.82, 2.24) is 10.3 Å². The van der Waals surface area contributed by atoms with Crippen molar-refractivity contribution in [2.45, 2.75) is 32.2 Å². The monoisotopic (exact) mass is 298 g/mol. The quantitative estimate of drug-likeness (QED) is 0.644. The van der Waals surface area contributed by atoms with Crippen molar-refractivity contribution in [3.8, 4) is 0 Å². The number of hydrogen-bond donors (Lipinski definition) is 1. The highest BCUT2D eigenvalue weighted by atomic mass is 16.5. The molecule has 0 bridgehead atoms. The Morgan fingerprint density at radius 3 is 2.55 bits per heavy atom. The van der Waals surface area contributed by atoms with Crippen LogP contribution >= 0.6 is 0 Å². The van der Waals surface area contributed by atoms with Gasteiger partial charge in [-0.05, 0) is 43.5 Å². The standard InChI is InChI=1S/C19H26N2O/c1-3-9-18(10-4-1)17-20-13-6-2-8-15-22-16-12-19-11-5-7-14-21-19/h1,3-5,7,9-11,14,20H,2,6,8,12-13,15-17H2. The number of rotatable bonds is 11. The largest absolute Gasteiger partial charge is 0.381 e. The summed E-state index contributed by atoms with van der Waals surface area (Å²) in [5.41, 5.74) is 2.45. The van der Waals surface area contributed by atoms with Crippen LogP contribution in [0, 0.1) is 0 Å². The molecule has 0 radical (unpaired) electrons. The van der Waals surface area contributed by atoms with Crippen LogP contribution < -0.4 is 5.32 Å². The van der Waals surface area contributed by atoms with Crippen molar-refractivity contribution < 1.29 is 4.74 Å². The van der Waals surface area contributed by atoms with Gasteiger partial charge in [-0.2, -0.15) is 0 Å². The number of unbranched alkanes of at least 4 members (excludes halogenated alkanes) is 2. The van der Waals surface area contributed by atoms with E-state index in [0.29, 0.717) is 0 Å². The van der Waals surface area contributed by atoms with Gasteiger partial charge in [-0.15, -0.1) is 0 Å². The number of pyridine rings is 1. The minimum Gasteiger partial charge on any atom is -0.381 e. The summed E-state index contributed by atoms with van der Waals surface area (Å²) >= 11 is 0. The van der Waals surface area contributed by atoms with Gasteiger partial charge in [0.15, 0.2) is 0 Å². The van der Waals surface area contributed by atoms with Gasteiger partial charge < -0.3 is 10.1 Å². The molecule has 1 heterocycles. The Kier molecular flexibility index (Phi) is 8.28. The lowest BCUT2D eigenvalue weighted by Gasteiger charge is -2.06. The second kappa shape index (κ2) is 10.9. The molecular formula is C19H26N2O. The molecule has 0 aliphatic carbocycles. The van der Waals surface area contributed by atoms with E-state index in [2.05, 4.69) is 40.6 Å². The van der Waals surface area contributed by atoms with E-state index in [-0.39, 0.29) is 0 Å². The van der Waals surface area contributed by atoms with Gasteiger partial charge in [-0.3, -0.25) is 4.98 Å². The van der Waals surface area contributed by atoms with Crippen LogP contribution in [0.15, 0.2) is 54.7 Å². The van der Waals surface area contributed by atoms with Crippen molar-refractivity contribution in [3.05, 3.63) is 66.0 Å². The van der Waals surface area contributed by atoms with Crippen molar-refractivity contribution in [1.29, 1.82) is 0 Å². The Labute approximate surface area is 133 Å². The van der Waals surface area contributed by atoms with Crippen LogP contribution in [0.25, 0.3) is 0 Å². The van der Waals surface area contributed by atoms with Gasteiger partial charge in [-0.1, -0.05) is 36.4 Å². The summed E-state index contributed by atoms with van der Waals surface area (Å²) in [4.78, 5) is 4.28. The summed E-state index contributed by atoms with van der Waals surface area (Å²) in [6, 6.07) is 16.5. The summed E-state index contributed by atoms with van der Waals surface area (Å²) in [6.07, 6.45) is 6.29. The topological polar surface area (TPSA) is 34.1 Å². The minimum atomic E-state index is 0.767. The maximum Gasteiger partial charge on any atom is 0.0521 e. The zero-order chi connectivity index (χ0) is 15.3. The molecule has 2 aromatic rings. The van der Waals surface area contributed by atoms with Crippen molar-refractivity contribution in [2.24, 2.45) is 0 Å². The molecular weight excluding hydrogens is 272 g/mol. The molecule has 0 amide bonds. The first-order chi connectivity index (χ1) is 10.9. The van der Waals surface area contributed by atoms with Crippen LogP contribution in [-0.4, -0.2) is 24.7 Å². The Bertz CT molecular complexity index is 440. The van der Waals surface area contributed by atoms with E-state index in [9.17, 15) is 0 Å². The Morgan fingerprint density at radius 1 is 0.864 bits per heavy atom. The number of benzene rings is 1. The van der Waals surface area contributed by atoms with Crippen LogP contribution in [-0.2, 0) is 17.7 Å². The third kappa shape index (κ3) is 7.34. The second-order valence-corrected chi connectivity index (χ2v) is 5.41. The number of hydrogen-bond acceptors (Lipinski definition) is 3. The SMILES string of the molecule is c1ccc(CNCCCCCOCCc2ccccn2)cc1. The maximum absolute atomic E-state index is 5.65. The van der Waals surface area contributed by atoms with Crippen LogP contribution in [0.1, 0.15) is 30.5 Å². The molecule has 1 aromatic heterocycles. The fraction of sp³-hybridized carbons (Fsp3) is 0.421. The first-order valence-corrected chi connectivity index (χ1v) is 8.17. The molecule has 118 valence electrons. The summed E-state index contributed by atoms with van der Waals surface area (Å²) in [5.74, 6) is 0. The van der Waals surface area contributed by atoms with Gasteiger partial charge in [0, 0.05) is 31.5 Å². The zero-order valence-corrected chi connectivity index (χ0v) is 13.2. The summed E-state index contributed by atoms with van der Waals surface area (Å²) in [7, 11) is 0. The lowest BCUT2D eigenvalue weighted by molar-refractivity contribution is 0.132. The number of aromatic nitrogens is 1. The van der Waals surface area contributed by atoms with E-state index in [0.717, 1.165) is 44.8 Å². The van der Waals surface area contributed by atoms with Gasteiger partial charge >= 0.3 is 0 Å². The van der Waals surface area contributed by atoms with Gasteiger partial charge in [0.25, 0.3) is 0 Å². The van der Waals surface area contributed by atoms with Gasteiger partial charge in [0.05, 0.1) is 6.61 Å². The second-order valence-electron chi connectivity index (χ2n) is 5.41. The number of nitrogens with one attached hydrogen (secondary N) is 1. The van der Waals surface area contributed by atoms with E-state index >= 15 is 0 Å². The predicted molar refractivity (Wildman–Crippen MR) is 90.8 cm³/mol. The Hall–Kier alpha value is -1.71. The van der Waals surface area contributed by atoms with Gasteiger partial charge in [0.1, 0.15) is 0 Å². The lowest BCUT2D eigenvalue weighted by Crippen LogP contribution is -2.14. The molecule has 0 fully saturated rings. The third-order valence-corrected chi connectivity index (χ3v) is 3.54. The average molecular weight is 298 g/mol. The van der Waals surface area contributed by atoms with E-state index in [1.807, 2.05) is 24.4 Å². The number of ether oxygens (including phenoxy) is 1. The summed E-state index contributed by atoms with van der Waals surface area (Å²) < 4.78 is 5.65. The molecule has 0 unspecified atom stereocenters. The van der Waals surface area contributed by atoms with Crippen molar-refractivity contribution in [3.63, 3.8) is 0 Å². The van der Waals surface area contributed by atoms with Gasteiger partial charge in [0.2, 0.25) is 0 Å². The molecule has 0 saturated heterocycles. The maximum atomic E-state index is 5.65. The zero-order valence-electron chi connectivity index (χ0n) is 13.2. The first-order valence-electron chi connectivity index (χ1n) is 8.17. The lowest BCUT2D eigenvalue weighted by atomic mass is 10.2. The fourth-order valence-corrected chi connectivity index (χ4v) is 2.28. The van der Waals surface area contributed by atoms with E-state index in [4.69, 9.17) is 4.74 Å². The first kappa shape index (κ1) is 16.7. The van der Waals surface area contributed by atoms with Crippen molar-refractivity contribution in [2.75, 3.05) is 19.8 Å². The Morgan fingerprint density at radius 2 is 1.73 bits per heavy atom. The minimum absolute atomic E-state index is 0.767. The number of nitrogens with zero attached hydrogens (tertiary/aromatic N) is 1. The van der Waals surface area contributed by atoms with Crippen LogP contribution in [0.4, 0.5) is 0 Å². The Balaban J connectivity index is 1.37. The predicted octanol–water partition coefficient (Wildman–Crippen LogP) is 3.60. The highest BCUT2D eigenvalue weighted by Gasteiger charge is 1.95. The molecule has 3 heteroatoms.